The predicted octanol–water partition coefficient (Wildman–Crippen LogP) is 5.27. The molecule has 0 radical (unpaired) electrons. The number of alkyl halides is 3. The van der Waals surface area contributed by atoms with Gasteiger partial charge >= 0.3 is 18.1 Å². The number of hydrogen-bond acceptors (Lipinski definition) is 5. The Morgan fingerprint density at radius 2 is 1.69 bits per heavy atom. The largest absolute Gasteiger partial charge is 0.462 e. The maximum Gasteiger partial charge on any atom is 0.416 e. The monoisotopic (exact) mass is 490 g/mol. The number of aromatic amines is 1. The smallest absolute Gasteiger partial charge is 0.416 e. The average molecular weight is 490 g/mol. The van der Waals surface area contributed by atoms with E-state index in [0.29, 0.717) is 22.6 Å². The molecule has 0 fully saturated rings. The normalized spacial score (nSPS) is 11.4. The molecule has 0 saturated carbocycles. The summed E-state index contributed by atoms with van der Waals surface area (Å²) in [6, 6.07) is 6.33. The summed E-state index contributed by atoms with van der Waals surface area (Å²) in [5.41, 5.74) is 1.69. The first kappa shape index (κ1) is 25.8. The first-order chi connectivity index (χ1) is 16.4. The van der Waals surface area contributed by atoms with E-state index in [1.54, 1.807) is 34.6 Å². The standard InChI is InChI=1S/C25H25F3N2O5/c1-6-34-23(32)21-14(3)22(29-15(21)4)24(33)35-12-20(31)19-10-13(2)30(16(19)5)18-9-7-8-17(11-18)25(26,27)28/h7-11,29H,6,12H2,1-5H3. The van der Waals surface area contributed by atoms with Crippen molar-refractivity contribution < 1.29 is 37.0 Å². The molecule has 0 aliphatic rings. The molecule has 2 aromatic heterocycles. The van der Waals surface area contributed by atoms with Crippen LogP contribution < -0.4 is 0 Å². The van der Waals surface area contributed by atoms with E-state index in [1.165, 1.54) is 22.8 Å². The summed E-state index contributed by atoms with van der Waals surface area (Å²) in [6.07, 6.45) is -4.50. The van der Waals surface area contributed by atoms with Crippen LogP contribution in [-0.4, -0.2) is 40.5 Å². The van der Waals surface area contributed by atoms with Crippen molar-refractivity contribution in [3.63, 3.8) is 0 Å². The van der Waals surface area contributed by atoms with Crippen molar-refractivity contribution in [2.24, 2.45) is 0 Å². The molecule has 0 bridgehead atoms. The van der Waals surface area contributed by atoms with Gasteiger partial charge in [-0.15, -0.1) is 0 Å². The number of carbonyl (C=O) groups is 3. The lowest BCUT2D eigenvalue weighted by Gasteiger charge is -2.13. The summed E-state index contributed by atoms with van der Waals surface area (Å²) < 4.78 is 51.1. The third kappa shape index (κ3) is 5.16. The van der Waals surface area contributed by atoms with Gasteiger partial charge in [-0.2, -0.15) is 13.2 Å². The molecule has 3 aromatic rings. The van der Waals surface area contributed by atoms with Crippen molar-refractivity contribution in [2.75, 3.05) is 13.2 Å². The number of nitrogens with one attached hydrogen (secondary N) is 1. The number of aromatic nitrogens is 2. The summed E-state index contributed by atoms with van der Waals surface area (Å²) >= 11 is 0. The van der Waals surface area contributed by atoms with Crippen LogP contribution in [-0.2, 0) is 15.7 Å². The van der Waals surface area contributed by atoms with Crippen molar-refractivity contribution in [1.82, 2.24) is 9.55 Å². The Labute approximate surface area is 199 Å². The van der Waals surface area contributed by atoms with Crippen LogP contribution >= 0.6 is 0 Å². The van der Waals surface area contributed by atoms with Crippen LogP contribution in [0, 0.1) is 27.7 Å². The third-order valence-electron chi connectivity index (χ3n) is 5.62. The number of hydrogen-bond donors (Lipinski definition) is 1. The molecule has 10 heteroatoms. The topological polar surface area (TPSA) is 90.4 Å². The lowest BCUT2D eigenvalue weighted by molar-refractivity contribution is -0.137. The molecule has 0 atom stereocenters. The summed E-state index contributed by atoms with van der Waals surface area (Å²) in [5, 5.41) is 0. The molecular formula is C25H25F3N2O5. The van der Waals surface area contributed by atoms with Gasteiger partial charge in [0, 0.05) is 28.3 Å². The van der Waals surface area contributed by atoms with Crippen LogP contribution in [0.5, 0.6) is 0 Å². The van der Waals surface area contributed by atoms with Crippen molar-refractivity contribution >= 4 is 17.7 Å². The van der Waals surface area contributed by atoms with Gasteiger partial charge in [-0.05, 0) is 64.4 Å². The van der Waals surface area contributed by atoms with Crippen molar-refractivity contribution in [3.05, 3.63) is 75.4 Å². The Kier molecular flexibility index (Phi) is 7.23. The Balaban J connectivity index is 1.80. The zero-order valence-electron chi connectivity index (χ0n) is 19.9. The number of benzene rings is 1. The second-order valence-corrected chi connectivity index (χ2v) is 8.01. The SMILES string of the molecule is CCOC(=O)c1c(C)[nH]c(C(=O)OCC(=O)c2cc(C)n(-c3cccc(C(F)(F)F)c3)c2C)c1C. The molecule has 2 heterocycles. The number of halogens is 3. The van der Waals surface area contributed by atoms with Crippen molar-refractivity contribution in [1.29, 1.82) is 0 Å². The zero-order valence-corrected chi connectivity index (χ0v) is 19.9. The van der Waals surface area contributed by atoms with Crippen LogP contribution in [0.1, 0.15) is 66.3 Å². The van der Waals surface area contributed by atoms with Crippen LogP contribution in [0.4, 0.5) is 13.2 Å². The molecule has 0 unspecified atom stereocenters. The van der Waals surface area contributed by atoms with Crippen molar-refractivity contribution in [3.8, 4) is 5.69 Å². The second kappa shape index (κ2) is 9.81. The maximum atomic E-state index is 13.1. The van der Waals surface area contributed by atoms with E-state index in [1.807, 2.05) is 0 Å². The Bertz CT molecular complexity index is 1300. The fourth-order valence-electron chi connectivity index (χ4n) is 4.01. The molecule has 35 heavy (non-hydrogen) atoms. The first-order valence-corrected chi connectivity index (χ1v) is 10.8. The van der Waals surface area contributed by atoms with E-state index in [0.717, 1.165) is 12.1 Å². The zero-order chi connectivity index (χ0) is 26.1. The second-order valence-electron chi connectivity index (χ2n) is 8.01. The first-order valence-electron chi connectivity index (χ1n) is 10.8. The van der Waals surface area contributed by atoms with Gasteiger partial charge in [-0.1, -0.05) is 6.07 Å². The van der Waals surface area contributed by atoms with Gasteiger partial charge in [-0.25, -0.2) is 9.59 Å². The fourth-order valence-corrected chi connectivity index (χ4v) is 4.01. The Morgan fingerprint density at radius 1 is 1.00 bits per heavy atom. The lowest BCUT2D eigenvalue weighted by atomic mass is 10.1. The summed E-state index contributed by atoms with van der Waals surface area (Å²) in [4.78, 5) is 40.3. The number of nitrogens with zero attached hydrogens (tertiary/aromatic N) is 1. The third-order valence-corrected chi connectivity index (χ3v) is 5.62. The molecule has 0 amide bonds. The quantitative estimate of drug-likeness (QED) is 0.360. The van der Waals surface area contributed by atoms with E-state index in [9.17, 15) is 27.6 Å². The summed E-state index contributed by atoms with van der Waals surface area (Å²) in [7, 11) is 0. The van der Waals surface area contributed by atoms with E-state index in [2.05, 4.69) is 4.98 Å². The van der Waals surface area contributed by atoms with E-state index >= 15 is 0 Å². The molecule has 0 aliphatic carbocycles. The highest BCUT2D eigenvalue weighted by Crippen LogP contribution is 2.31. The number of rotatable bonds is 7. The van der Waals surface area contributed by atoms with Gasteiger partial charge in [0.15, 0.2) is 6.61 Å². The molecule has 1 aromatic carbocycles. The number of H-pyrrole nitrogens is 1. The Hall–Kier alpha value is -3.82. The van der Waals surface area contributed by atoms with Crippen LogP contribution in [0.2, 0.25) is 0 Å². The fraction of sp³-hybridized carbons (Fsp3) is 0.320. The van der Waals surface area contributed by atoms with Crippen LogP contribution in [0.3, 0.4) is 0 Å². The minimum atomic E-state index is -4.50. The van der Waals surface area contributed by atoms with E-state index < -0.39 is 36.1 Å². The highest BCUT2D eigenvalue weighted by Gasteiger charge is 2.31. The number of carbonyl (C=O) groups excluding carboxylic acids is 3. The average Bonchev–Trinajstić information content (AvgIpc) is 3.25. The van der Waals surface area contributed by atoms with E-state index in [4.69, 9.17) is 9.47 Å². The van der Waals surface area contributed by atoms with Gasteiger partial charge < -0.3 is 19.0 Å². The molecule has 186 valence electrons. The highest BCUT2D eigenvalue weighted by atomic mass is 19.4. The molecule has 0 saturated heterocycles. The van der Waals surface area contributed by atoms with Gasteiger partial charge in [0.25, 0.3) is 0 Å². The van der Waals surface area contributed by atoms with Crippen LogP contribution in [0.25, 0.3) is 5.69 Å². The number of ketones is 1. The molecule has 7 nitrogen and oxygen atoms in total. The van der Waals surface area contributed by atoms with Gasteiger partial charge in [0.05, 0.1) is 17.7 Å². The van der Waals surface area contributed by atoms with Gasteiger partial charge in [0.2, 0.25) is 5.78 Å². The minimum absolute atomic E-state index is 0.0350. The number of esters is 2. The van der Waals surface area contributed by atoms with Gasteiger partial charge in [-0.3, -0.25) is 4.79 Å². The van der Waals surface area contributed by atoms with Crippen molar-refractivity contribution in [2.45, 2.75) is 40.8 Å². The molecule has 0 spiro atoms. The minimum Gasteiger partial charge on any atom is -0.462 e. The Morgan fingerprint density at radius 3 is 2.31 bits per heavy atom. The van der Waals surface area contributed by atoms with Gasteiger partial charge in [0.1, 0.15) is 5.69 Å². The lowest BCUT2D eigenvalue weighted by Crippen LogP contribution is -2.16. The number of ether oxygens (including phenoxy) is 2. The molecule has 1 N–H and O–H groups in total. The van der Waals surface area contributed by atoms with Crippen LogP contribution in [0.15, 0.2) is 30.3 Å². The molecular weight excluding hydrogens is 465 g/mol. The van der Waals surface area contributed by atoms with E-state index in [-0.39, 0.29) is 29.1 Å². The summed E-state index contributed by atoms with van der Waals surface area (Å²) in [5.74, 6) is -1.91. The molecule has 0 aliphatic heterocycles. The molecule has 3 rings (SSSR count). The maximum absolute atomic E-state index is 13.1. The highest BCUT2D eigenvalue weighted by molar-refractivity contribution is 6.02. The number of Topliss-reactive ketones (excluding diaryl/α,β-unsaturated/α-hetero) is 1. The predicted molar refractivity (Wildman–Crippen MR) is 121 cm³/mol. The number of aryl methyl sites for hydroxylation is 2. The summed E-state index contributed by atoms with van der Waals surface area (Å²) in [6.45, 7) is 7.71.